The molecule has 1 spiro atoms. The molecule has 5 heterocycles. The van der Waals surface area contributed by atoms with Crippen molar-refractivity contribution < 1.29 is 9.47 Å². The Hall–Kier alpha value is -2.36. The van der Waals surface area contributed by atoms with Crippen molar-refractivity contribution in [3.05, 3.63) is 35.4 Å². The molecule has 0 unspecified atom stereocenters. The lowest BCUT2D eigenvalue weighted by Gasteiger charge is -2.38. The van der Waals surface area contributed by atoms with E-state index in [1.54, 1.807) is 12.4 Å². The standard InChI is InChI=1S/C21H29N7O2/c1-14-8-28(9-15(2)30-14)20-25-7-17-11-29-13-21(18(17)26-20)3-4-27(12-21)10-16-5-23-19(22)24-6-16/h5-7,14-15H,3-4,8-13H2,1-2H3,(H2,22,23,24)/t14-,15+,21-/m0/s1. The van der Waals surface area contributed by atoms with E-state index in [0.29, 0.717) is 19.2 Å². The van der Waals surface area contributed by atoms with Gasteiger partial charge in [-0.3, -0.25) is 4.90 Å². The minimum Gasteiger partial charge on any atom is -0.376 e. The van der Waals surface area contributed by atoms with E-state index >= 15 is 0 Å². The fourth-order valence-electron chi connectivity index (χ4n) is 4.99. The third-order valence-corrected chi connectivity index (χ3v) is 6.26. The van der Waals surface area contributed by atoms with Crippen LogP contribution in [0.15, 0.2) is 18.6 Å². The van der Waals surface area contributed by atoms with Crippen LogP contribution in [-0.4, -0.2) is 69.8 Å². The number of fused-ring (bicyclic) bond motifs is 2. The molecule has 30 heavy (non-hydrogen) atoms. The van der Waals surface area contributed by atoms with Crippen molar-refractivity contribution in [3.8, 4) is 0 Å². The van der Waals surface area contributed by atoms with Gasteiger partial charge in [-0.1, -0.05) is 0 Å². The van der Waals surface area contributed by atoms with E-state index in [-0.39, 0.29) is 17.6 Å². The molecule has 2 aromatic rings. The third-order valence-electron chi connectivity index (χ3n) is 6.26. The zero-order valence-corrected chi connectivity index (χ0v) is 17.6. The normalized spacial score (nSPS) is 29.3. The van der Waals surface area contributed by atoms with Gasteiger partial charge in [-0.25, -0.2) is 19.9 Å². The van der Waals surface area contributed by atoms with Gasteiger partial charge < -0.3 is 20.1 Å². The van der Waals surface area contributed by atoms with Gasteiger partial charge in [-0.2, -0.15) is 0 Å². The Bertz CT molecular complexity index is 899. The van der Waals surface area contributed by atoms with Crippen molar-refractivity contribution in [2.75, 3.05) is 43.4 Å². The Balaban J connectivity index is 1.38. The number of morpholine rings is 1. The molecule has 3 aliphatic heterocycles. The molecule has 3 atom stereocenters. The Morgan fingerprint density at radius 3 is 2.67 bits per heavy atom. The monoisotopic (exact) mass is 411 g/mol. The second-order valence-electron chi connectivity index (χ2n) is 8.89. The summed E-state index contributed by atoms with van der Waals surface area (Å²) in [5, 5.41) is 0. The van der Waals surface area contributed by atoms with Crippen molar-refractivity contribution in [2.45, 2.75) is 51.0 Å². The number of likely N-dealkylation sites (tertiary alicyclic amines) is 1. The van der Waals surface area contributed by atoms with E-state index in [1.165, 1.54) is 0 Å². The fourth-order valence-corrected chi connectivity index (χ4v) is 4.99. The molecule has 0 aromatic carbocycles. The highest BCUT2D eigenvalue weighted by molar-refractivity contribution is 5.39. The molecule has 0 aliphatic carbocycles. The van der Waals surface area contributed by atoms with E-state index in [9.17, 15) is 0 Å². The summed E-state index contributed by atoms with van der Waals surface area (Å²) < 4.78 is 11.9. The molecule has 0 bridgehead atoms. The molecule has 160 valence electrons. The number of nitrogens with zero attached hydrogens (tertiary/aromatic N) is 6. The van der Waals surface area contributed by atoms with Crippen LogP contribution in [0.25, 0.3) is 0 Å². The molecule has 2 saturated heterocycles. The molecular formula is C21H29N7O2. The topological polar surface area (TPSA) is 103 Å². The van der Waals surface area contributed by atoms with Crippen LogP contribution in [0.1, 0.15) is 37.1 Å². The maximum atomic E-state index is 5.99. The molecule has 9 nitrogen and oxygen atoms in total. The van der Waals surface area contributed by atoms with Gasteiger partial charge >= 0.3 is 0 Å². The molecule has 2 aromatic heterocycles. The summed E-state index contributed by atoms with van der Waals surface area (Å²) in [5.41, 5.74) is 8.85. The highest BCUT2D eigenvalue weighted by Crippen LogP contribution is 2.40. The van der Waals surface area contributed by atoms with Gasteiger partial charge in [0.25, 0.3) is 0 Å². The van der Waals surface area contributed by atoms with E-state index in [0.717, 1.165) is 61.9 Å². The number of aromatic nitrogens is 4. The number of nitrogen functional groups attached to an aromatic ring is 1. The molecule has 0 radical (unpaired) electrons. The number of anilines is 2. The lowest BCUT2D eigenvalue weighted by Crippen LogP contribution is -2.47. The largest absolute Gasteiger partial charge is 0.376 e. The van der Waals surface area contributed by atoms with Gasteiger partial charge in [0.15, 0.2) is 0 Å². The molecule has 2 fully saturated rings. The number of ether oxygens (including phenoxy) is 2. The summed E-state index contributed by atoms with van der Waals surface area (Å²) >= 11 is 0. The summed E-state index contributed by atoms with van der Waals surface area (Å²) in [7, 11) is 0. The first-order valence-electron chi connectivity index (χ1n) is 10.6. The van der Waals surface area contributed by atoms with Crippen molar-refractivity contribution in [3.63, 3.8) is 0 Å². The highest BCUT2D eigenvalue weighted by Gasteiger charge is 2.45. The van der Waals surface area contributed by atoms with Gasteiger partial charge in [0.05, 0.1) is 36.5 Å². The highest BCUT2D eigenvalue weighted by atomic mass is 16.5. The Morgan fingerprint density at radius 2 is 1.90 bits per heavy atom. The van der Waals surface area contributed by atoms with Gasteiger partial charge in [0.2, 0.25) is 11.9 Å². The maximum Gasteiger partial charge on any atom is 0.225 e. The average molecular weight is 412 g/mol. The van der Waals surface area contributed by atoms with Crippen LogP contribution >= 0.6 is 0 Å². The van der Waals surface area contributed by atoms with E-state index in [1.807, 2.05) is 6.20 Å². The lowest BCUT2D eigenvalue weighted by molar-refractivity contribution is -0.00584. The number of rotatable bonds is 3. The summed E-state index contributed by atoms with van der Waals surface area (Å²) in [6, 6.07) is 0. The maximum absolute atomic E-state index is 5.99. The SMILES string of the molecule is C[C@@H]1CN(c2ncc3c(n2)[C@]2(CCN(Cc4cnc(N)nc4)C2)COC3)C[C@H](C)O1. The second kappa shape index (κ2) is 7.72. The molecule has 3 aliphatic rings. The second-order valence-corrected chi connectivity index (χ2v) is 8.89. The van der Waals surface area contributed by atoms with Crippen LogP contribution in [0.5, 0.6) is 0 Å². The Labute approximate surface area is 176 Å². The van der Waals surface area contributed by atoms with Crippen molar-refractivity contribution in [2.24, 2.45) is 0 Å². The predicted molar refractivity (Wildman–Crippen MR) is 112 cm³/mol. The quantitative estimate of drug-likeness (QED) is 0.796. The summed E-state index contributed by atoms with van der Waals surface area (Å²) in [6.07, 6.45) is 6.94. The van der Waals surface area contributed by atoms with Crippen LogP contribution in [0, 0.1) is 0 Å². The van der Waals surface area contributed by atoms with Gasteiger partial charge in [-0.05, 0) is 26.8 Å². The zero-order valence-electron chi connectivity index (χ0n) is 17.6. The van der Waals surface area contributed by atoms with Crippen molar-refractivity contribution >= 4 is 11.9 Å². The smallest absolute Gasteiger partial charge is 0.225 e. The van der Waals surface area contributed by atoms with E-state index < -0.39 is 0 Å². The van der Waals surface area contributed by atoms with E-state index in [2.05, 4.69) is 38.6 Å². The van der Waals surface area contributed by atoms with Crippen LogP contribution < -0.4 is 10.6 Å². The number of hydrogen-bond donors (Lipinski definition) is 1. The first-order valence-corrected chi connectivity index (χ1v) is 10.6. The Morgan fingerprint density at radius 1 is 1.13 bits per heavy atom. The number of hydrogen-bond acceptors (Lipinski definition) is 9. The number of nitrogens with two attached hydrogens (primary N) is 1. The van der Waals surface area contributed by atoms with Gasteiger partial charge in [0.1, 0.15) is 0 Å². The lowest BCUT2D eigenvalue weighted by atomic mass is 9.80. The minimum atomic E-state index is -0.0938. The summed E-state index contributed by atoms with van der Waals surface area (Å²) in [6.45, 7) is 9.80. The zero-order chi connectivity index (χ0) is 20.7. The average Bonchev–Trinajstić information content (AvgIpc) is 3.12. The van der Waals surface area contributed by atoms with Crippen LogP contribution in [0.4, 0.5) is 11.9 Å². The molecule has 2 N–H and O–H groups in total. The van der Waals surface area contributed by atoms with Gasteiger partial charge in [-0.15, -0.1) is 0 Å². The molecule has 0 amide bonds. The molecule has 9 heteroatoms. The molecule has 0 saturated carbocycles. The van der Waals surface area contributed by atoms with Crippen molar-refractivity contribution in [1.29, 1.82) is 0 Å². The third kappa shape index (κ3) is 3.73. The Kier molecular flexibility index (Phi) is 5.04. The van der Waals surface area contributed by atoms with Crippen LogP contribution in [0.2, 0.25) is 0 Å². The van der Waals surface area contributed by atoms with Gasteiger partial charge in [0, 0.05) is 55.9 Å². The molecular weight excluding hydrogens is 382 g/mol. The molecule has 5 rings (SSSR count). The van der Waals surface area contributed by atoms with E-state index in [4.69, 9.17) is 20.2 Å². The van der Waals surface area contributed by atoms with Crippen LogP contribution in [-0.2, 0) is 28.0 Å². The first-order chi connectivity index (χ1) is 14.5. The van der Waals surface area contributed by atoms with Crippen molar-refractivity contribution in [1.82, 2.24) is 24.8 Å². The summed E-state index contributed by atoms with van der Waals surface area (Å²) in [5.74, 6) is 1.12. The minimum absolute atomic E-state index is 0.0938. The first kappa shape index (κ1) is 19.6. The summed E-state index contributed by atoms with van der Waals surface area (Å²) in [4.78, 5) is 22.7. The van der Waals surface area contributed by atoms with Crippen LogP contribution in [0.3, 0.4) is 0 Å². The fraction of sp³-hybridized carbons (Fsp3) is 0.619. The predicted octanol–water partition coefficient (Wildman–Crippen LogP) is 1.14.